The Balaban J connectivity index is 2.43. The van der Waals surface area contributed by atoms with Crippen molar-refractivity contribution in [2.45, 2.75) is 0 Å². The lowest BCUT2D eigenvalue weighted by molar-refractivity contribution is -0.127. The molecule has 1 heterocycles. The van der Waals surface area contributed by atoms with Gasteiger partial charge in [-0.15, -0.1) is 0 Å². The smallest absolute Gasteiger partial charge is 0.316 e. The summed E-state index contributed by atoms with van der Waals surface area (Å²) in [5.74, 6) is -0.0957. The molecule has 0 aromatic carbocycles. The van der Waals surface area contributed by atoms with Crippen molar-refractivity contribution in [3.63, 3.8) is 0 Å². The van der Waals surface area contributed by atoms with Crippen LogP contribution in [0.2, 0.25) is 0 Å². The van der Waals surface area contributed by atoms with E-state index in [9.17, 15) is 9.59 Å². The molecule has 0 bridgehead atoms. The van der Waals surface area contributed by atoms with E-state index in [0.717, 1.165) is 0 Å². The van der Waals surface area contributed by atoms with Gasteiger partial charge in [-0.1, -0.05) is 6.58 Å². The second-order valence-electron chi connectivity index (χ2n) is 2.77. The van der Waals surface area contributed by atoms with Crippen LogP contribution in [0.15, 0.2) is 12.7 Å². The van der Waals surface area contributed by atoms with Gasteiger partial charge in [0.25, 0.3) is 0 Å². The summed E-state index contributed by atoms with van der Waals surface area (Å²) in [7, 11) is 0. The van der Waals surface area contributed by atoms with Crippen molar-refractivity contribution < 1.29 is 9.59 Å². The van der Waals surface area contributed by atoms with Crippen molar-refractivity contribution in [2.24, 2.45) is 0 Å². The van der Waals surface area contributed by atoms with Crippen molar-refractivity contribution in [3.05, 3.63) is 12.7 Å². The van der Waals surface area contributed by atoms with Crippen molar-refractivity contribution in [1.82, 2.24) is 9.80 Å². The number of amides is 2. The minimum Gasteiger partial charge on any atom is -0.336 e. The number of carbonyl (C=O) groups excluding carboxylic acids is 2. The van der Waals surface area contributed by atoms with Crippen LogP contribution < -0.4 is 0 Å². The maximum atomic E-state index is 11.1. The maximum Gasteiger partial charge on any atom is 0.316 e. The fourth-order valence-electron chi connectivity index (χ4n) is 1.23. The van der Waals surface area contributed by atoms with Crippen LogP contribution in [-0.4, -0.2) is 47.3 Å². The average molecular weight is 203 g/mol. The normalized spacial score (nSPS) is 17.0. The first-order chi connectivity index (χ1) is 6.15. The quantitative estimate of drug-likeness (QED) is 0.356. The van der Waals surface area contributed by atoms with Crippen LogP contribution in [0, 0.1) is 0 Å². The molecule has 1 aliphatic rings. The Morgan fingerprint density at radius 3 is 2.00 bits per heavy atom. The molecular formula is C8H11ClN2O2. The molecule has 5 heteroatoms. The molecule has 0 spiro atoms. The highest BCUT2D eigenvalue weighted by Crippen LogP contribution is 2.04. The number of hydrogen-bond donors (Lipinski definition) is 0. The highest BCUT2D eigenvalue weighted by Gasteiger charge is 2.21. The van der Waals surface area contributed by atoms with Gasteiger partial charge in [0.2, 0.25) is 5.91 Å². The summed E-state index contributed by atoms with van der Waals surface area (Å²) in [6.45, 7) is 5.46. The molecule has 72 valence electrons. The lowest BCUT2D eigenvalue weighted by Gasteiger charge is -2.32. The molecule has 1 rings (SSSR count). The summed E-state index contributed by atoms with van der Waals surface area (Å²) in [4.78, 5) is 25.0. The first-order valence-electron chi connectivity index (χ1n) is 4.01. The maximum absolute atomic E-state index is 11.1. The molecule has 0 N–H and O–H groups in total. The van der Waals surface area contributed by atoms with Crippen LogP contribution in [0.5, 0.6) is 0 Å². The zero-order chi connectivity index (χ0) is 9.84. The van der Waals surface area contributed by atoms with E-state index in [1.165, 1.54) is 11.0 Å². The lowest BCUT2D eigenvalue weighted by atomic mass is 10.3. The van der Waals surface area contributed by atoms with Gasteiger partial charge < -0.3 is 9.80 Å². The van der Waals surface area contributed by atoms with Gasteiger partial charge in [0.15, 0.2) is 0 Å². The lowest BCUT2D eigenvalue weighted by Crippen LogP contribution is -2.48. The van der Waals surface area contributed by atoms with Gasteiger partial charge in [0.1, 0.15) is 0 Å². The zero-order valence-corrected chi connectivity index (χ0v) is 7.96. The summed E-state index contributed by atoms with van der Waals surface area (Å²) in [5, 5.41) is -0.453. The zero-order valence-electron chi connectivity index (χ0n) is 7.20. The molecule has 0 radical (unpaired) electrons. The number of piperazine rings is 1. The molecule has 0 saturated carbocycles. The van der Waals surface area contributed by atoms with Gasteiger partial charge in [0.05, 0.1) is 0 Å². The Bertz CT molecular complexity index is 234. The Kier molecular flexibility index (Phi) is 3.31. The van der Waals surface area contributed by atoms with Crippen LogP contribution in [0.3, 0.4) is 0 Å². The number of carbonyl (C=O) groups is 2. The van der Waals surface area contributed by atoms with Crippen LogP contribution in [0.25, 0.3) is 0 Å². The predicted molar refractivity (Wildman–Crippen MR) is 49.6 cm³/mol. The molecule has 1 fully saturated rings. The Labute approximate surface area is 81.7 Å². The molecule has 1 saturated heterocycles. The number of rotatable bonds is 1. The van der Waals surface area contributed by atoms with Crippen molar-refractivity contribution in [2.75, 3.05) is 26.2 Å². The number of halogens is 1. The molecule has 0 aromatic rings. The Hall–Kier alpha value is -1.03. The van der Waals surface area contributed by atoms with E-state index in [-0.39, 0.29) is 5.91 Å². The van der Waals surface area contributed by atoms with E-state index in [4.69, 9.17) is 11.6 Å². The first-order valence-corrected chi connectivity index (χ1v) is 4.38. The Morgan fingerprint density at radius 1 is 1.15 bits per heavy atom. The largest absolute Gasteiger partial charge is 0.336 e. The Morgan fingerprint density at radius 2 is 1.62 bits per heavy atom. The van der Waals surface area contributed by atoms with Gasteiger partial charge in [-0.05, 0) is 17.7 Å². The highest BCUT2D eigenvalue weighted by atomic mass is 35.5. The fraction of sp³-hybridized carbons (Fsp3) is 0.500. The summed E-state index contributed by atoms with van der Waals surface area (Å²) in [6, 6.07) is 0. The van der Waals surface area contributed by atoms with Crippen molar-refractivity contribution in [3.8, 4) is 0 Å². The van der Waals surface area contributed by atoms with Crippen LogP contribution >= 0.6 is 11.6 Å². The van der Waals surface area contributed by atoms with E-state index in [1.54, 1.807) is 4.90 Å². The summed E-state index contributed by atoms with van der Waals surface area (Å²) in [6.07, 6.45) is 1.28. The molecule has 13 heavy (non-hydrogen) atoms. The van der Waals surface area contributed by atoms with E-state index in [0.29, 0.717) is 26.2 Å². The topological polar surface area (TPSA) is 40.6 Å². The standard InChI is InChI=1S/C8H11ClN2O2/c1-2-7(12)10-3-5-11(6-4-10)8(9)13/h2H,1,3-6H2. The average Bonchev–Trinajstić information content (AvgIpc) is 2.17. The highest BCUT2D eigenvalue weighted by molar-refractivity contribution is 6.62. The van der Waals surface area contributed by atoms with Crippen LogP contribution in [0.4, 0.5) is 4.79 Å². The molecular weight excluding hydrogens is 192 g/mol. The number of nitrogens with zero attached hydrogens (tertiary/aromatic N) is 2. The predicted octanol–water partition coefficient (Wildman–Crippen LogP) is 0.675. The van der Waals surface area contributed by atoms with Gasteiger partial charge in [-0.3, -0.25) is 9.59 Å². The molecule has 0 aromatic heterocycles. The van der Waals surface area contributed by atoms with E-state index in [2.05, 4.69) is 6.58 Å². The van der Waals surface area contributed by atoms with E-state index < -0.39 is 5.37 Å². The minimum atomic E-state index is -0.453. The molecule has 1 aliphatic heterocycles. The number of hydrogen-bond acceptors (Lipinski definition) is 2. The molecule has 2 amide bonds. The van der Waals surface area contributed by atoms with Gasteiger partial charge in [-0.25, -0.2) is 0 Å². The van der Waals surface area contributed by atoms with Crippen LogP contribution in [-0.2, 0) is 4.79 Å². The molecule has 4 nitrogen and oxygen atoms in total. The van der Waals surface area contributed by atoms with Crippen molar-refractivity contribution in [1.29, 1.82) is 0 Å². The molecule has 0 unspecified atom stereocenters. The van der Waals surface area contributed by atoms with E-state index in [1.807, 2.05) is 0 Å². The van der Waals surface area contributed by atoms with Gasteiger partial charge in [-0.2, -0.15) is 0 Å². The van der Waals surface area contributed by atoms with E-state index >= 15 is 0 Å². The molecule has 0 aliphatic carbocycles. The third-order valence-corrected chi connectivity index (χ3v) is 2.25. The summed E-state index contributed by atoms with van der Waals surface area (Å²) < 4.78 is 0. The SMILES string of the molecule is C=CC(=O)N1CCN(C(=O)Cl)CC1. The second kappa shape index (κ2) is 4.28. The van der Waals surface area contributed by atoms with Gasteiger partial charge >= 0.3 is 5.37 Å². The first kappa shape index (κ1) is 10.1. The van der Waals surface area contributed by atoms with Gasteiger partial charge in [0, 0.05) is 26.2 Å². The minimum absolute atomic E-state index is 0.0957. The monoisotopic (exact) mass is 202 g/mol. The second-order valence-corrected chi connectivity index (χ2v) is 3.09. The third-order valence-electron chi connectivity index (χ3n) is 2.01. The van der Waals surface area contributed by atoms with Crippen molar-refractivity contribution >= 4 is 22.9 Å². The fourth-order valence-corrected chi connectivity index (χ4v) is 1.40. The summed E-state index contributed by atoms with van der Waals surface area (Å²) in [5.41, 5.74) is 0. The third kappa shape index (κ3) is 2.45. The summed E-state index contributed by atoms with van der Waals surface area (Å²) >= 11 is 5.28. The molecule has 0 atom stereocenters. The van der Waals surface area contributed by atoms with Crippen LogP contribution in [0.1, 0.15) is 0 Å².